The van der Waals surface area contributed by atoms with Crippen LogP contribution in [0.15, 0.2) is 48.5 Å². The lowest BCUT2D eigenvalue weighted by Gasteiger charge is -2.13. The van der Waals surface area contributed by atoms with E-state index in [1.54, 1.807) is 17.8 Å². The standard InChI is InChI=1S/C33H35ClN4O5/c1-19-15-22-9-6-7-10-23(22)28(16-19)43-14-8-13-38-27-12-11-25(34)31(29-20(2)37(4)36-26(29)18-39)30(27)24(17-35-21(3)40)32(38)33(41)42-5/h6-7,9-12,15-16,39H,8,13-14,17-18H2,1-5H3,(H,35,40). The average molecular weight is 603 g/mol. The largest absolute Gasteiger partial charge is 0.493 e. The molecule has 3 aromatic carbocycles. The van der Waals surface area contributed by atoms with Gasteiger partial charge in [0.2, 0.25) is 5.91 Å². The van der Waals surface area contributed by atoms with Crippen molar-refractivity contribution in [3.8, 4) is 16.9 Å². The Morgan fingerprint density at radius 1 is 1.09 bits per heavy atom. The Kier molecular flexibility index (Phi) is 8.75. The van der Waals surface area contributed by atoms with Crippen LogP contribution in [0.25, 0.3) is 32.8 Å². The minimum atomic E-state index is -0.533. The number of aromatic nitrogens is 3. The number of aliphatic hydroxyl groups is 1. The molecule has 0 aliphatic rings. The summed E-state index contributed by atoms with van der Waals surface area (Å²) in [6.45, 7) is 5.99. The minimum absolute atomic E-state index is 0.0795. The zero-order valence-corrected chi connectivity index (χ0v) is 25.7. The highest BCUT2D eigenvalue weighted by molar-refractivity contribution is 6.35. The molecule has 43 heavy (non-hydrogen) atoms. The number of fused-ring (bicyclic) bond motifs is 2. The molecule has 0 aliphatic carbocycles. The molecule has 224 valence electrons. The van der Waals surface area contributed by atoms with E-state index in [9.17, 15) is 14.7 Å². The van der Waals surface area contributed by atoms with E-state index in [0.717, 1.165) is 33.3 Å². The highest BCUT2D eigenvalue weighted by atomic mass is 35.5. The van der Waals surface area contributed by atoms with Crippen LogP contribution in [0.2, 0.25) is 5.02 Å². The van der Waals surface area contributed by atoms with E-state index < -0.39 is 5.97 Å². The zero-order valence-electron chi connectivity index (χ0n) is 25.0. The molecule has 0 fully saturated rings. The number of nitrogens with zero attached hydrogens (tertiary/aromatic N) is 3. The summed E-state index contributed by atoms with van der Waals surface area (Å²) in [7, 11) is 3.13. The normalized spacial score (nSPS) is 11.3. The van der Waals surface area contributed by atoms with Gasteiger partial charge in [-0.1, -0.05) is 41.9 Å². The minimum Gasteiger partial charge on any atom is -0.493 e. The van der Waals surface area contributed by atoms with Crippen molar-refractivity contribution in [3.05, 3.63) is 81.8 Å². The number of halogens is 1. The van der Waals surface area contributed by atoms with Crippen molar-refractivity contribution in [2.24, 2.45) is 7.05 Å². The molecular weight excluding hydrogens is 568 g/mol. The molecule has 0 spiro atoms. The molecular formula is C33H35ClN4O5. The highest BCUT2D eigenvalue weighted by Gasteiger charge is 2.29. The van der Waals surface area contributed by atoms with Crippen LogP contribution in [0.3, 0.4) is 0 Å². The van der Waals surface area contributed by atoms with Crippen LogP contribution in [0, 0.1) is 13.8 Å². The lowest BCUT2D eigenvalue weighted by molar-refractivity contribution is -0.119. The van der Waals surface area contributed by atoms with Gasteiger partial charge in [-0.25, -0.2) is 4.79 Å². The topological polar surface area (TPSA) is 108 Å². The van der Waals surface area contributed by atoms with Gasteiger partial charge in [0.05, 0.1) is 26.0 Å². The fourth-order valence-corrected chi connectivity index (χ4v) is 6.00. The summed E-state index contributed by atoms with van der Waals surface area (Å²) in [5, 5.41) is 20.8. The zero-order chi connectivity index (χ0) is 30.8. The third kappa shape index (κ3) is 5.70. The third-order valence-electron chi connectivity index (χ3n) is 7.73. The van der Waals surface area contributed by atoms with Crippen LogP contribution in [-0.2, 0) is 36.3 Å². The number of benzene rings is 3. The Hall–Kier alpha value is -4.34. The highest BCUT2D eigenvalue weighted by Crippen LogP contribution is 2.42. The number of aryl methyl sites for hydroxylation is 3. The molecule has 0 bridgehead atoms. The van der Waals surface area contributed by atoms with Crippen LogP contribution in [0.1, 0.15) is 46.3 Å². The number of hydrogen-bond donors (Lipinski definition) is 2. The summed E-state index contributed by atoms with van der Waals surface area (Å²) < 4.78 is 15.1. The van der Waals surface area contributed by atoms with Crippen molar-refractivity contribution in [3.63, 3.8) is 0 Å². The Morgan fingerprint density at radius 3 is 2.58 bits per heavy atom. The van der Waals surface area contributed by atoms with Crippen molar-refractivity contribution in [1.29, 1.82) is 0 Å². The molecule has 9 nitrogen and oxygen atoms in total. The van der Waals surface area contributed by atoms with E-state index in [0.29, 0.717) is 58.1 Å². The van der Waals surface area contributed by atoms with Gasteiger partial charge in [0.15, 0.2) is 0 Å². The molecule has 0 atom stereocenters. The van der Waals surface area contributed by atoms with Gasteiger partial charge in [0.1, 0.15) is 11.4 Å². The molecule has 2 heterocycles. The Bertz CT molecular complexity index is 1860. The van der Waals surface area contributed by atoms with Gasteiger partial charge in [-0.05, 0) is 49.4 Å². The summed E-state index contributed by atoms with van der Waals surface area (Å²) in [5.41, 5.74) is 5.34. The monoisotopic (exact) mass is 602 g/mol. The maximum Gasteiger partial charge on any atom is 0.355 e. The van der Waals surface area contributed by atoms with E-state index in [2.05, 4.69) is 22.5 Å². The first-order chi connectivity index (χ1) is 20.7. The number of hydrogen-bond acceptors (Lipinski definition) is 6. The number of aliphatic hydroxyl groups excluding tert-OH is 1. The molecule has 0 aliphatic heterocycles. The maximum absolute atomic E-state index is 13.4. The first-order valence-electron chi connectivity index (χ1n) is 14.1. The van der Waals surface area contributed by atoms with E-state index in [1.807, 2.05) is 48.7 Å². The van der Waals surface area contributed by atoms with E-state index in [-0.39, 0.29) is 19.1 Å². The van der Waals surface area contributed by atoms with Gasteiger partial charge in [-0.3, -0.25) is 9.48 Å². The number of amides is 1. The average Bonchev–Trinajstić information content (AvgIpc) is 3.46. The second kappa shape index (κ2) is 12.5. The Labute approximate surface area is 255 Å². The Morgan fingerprint density at radius 2 is 1.86 bits per heavy atom. The summed E-state index contributed by atoms with van der Waals surface area (Å²) in [4.78, 5) is 25.4. The molecule has 0 saturated carbocycles. The van der Waals surface area contributed by atoms with Gasteiger partial charge >= 0.3 is 5.97 Å². The lowest BCUT2D eigenvalue weighted by atomic mass is 9.96. The number of rotatable bonds is 10. The predicted octanol–water partition coefficient (Wildman–Crippen LogP) is 5.85. The molecule has 5 rings (SSSR count). The van der Waals surface area contributed by atoms with E-state index in [4.69, 9.17) is 21.1 Å². The number of nitrogens with one attached hydrogen (secondary N) is 1. The number of carbonyl (C=O) groups is 2. The second-order valence-electron chi connectivity index (χ2n) is 10.6. The van der Waals surface area contributed by atoms with Crippen molar-refractivity contribution < 1.29 is 24.2 Å². The van der Waals surface area contributed by atoms with Crippen LogP contribution < -0.4 is 10.1 Å². The van der Waals surface area contributed by atoms with Crippen molar-refractivity contribution in [2.45, 2.75) is 46.9 Å². The smallest absolute Gasteiger partial charge is 0.355 e. The van der Waals surface area contributed by atoms with Gasteiger partial charge < -0.3 is 24.5 Å². The molecule has 5 aromatic rings. The summed E-state index contributed by atoms with van der Waals surface area (Å²) >= 11 is 6.86. The van der Waals surface area contributed by atoms with Gasteiger partial charge in [-0.15, -0.1) is 0 Å². The number of ether oxygens (including phenoxy) is 2. The first-order valence-corrected chi connectivity index (χ1v) is 14.5. The summed E-state index contributed by atoms with van der Waals surface area (Å²) in [6.07, 6.45) is 0.585. The molecule has 0 saturated heterocycles. The van der Waals surface area contributed by atoms with Crippen molar-refractivity contribution in [2.75, 3.05) is 13.7 Å². The molecule has 0 radical (unpaired) electrons. The van der Waals surface area contributed by atoms with E-state index >= 15 is 0 Å². The van der Waals surface area contributed by atoms with Crippen LogP contribution in [0.5, 0.6) is 5.75 Å². The lowest BCUT2D eigenvalue weighted by Crippen LogP contribution is -2.22. The van der Waals surface area contributed by atoms with Gasteiger partial charge in [0, 0.05) is 70.8 Å². The van der Waals surface area contributed by atoms with Gasteiger partial charge in [-0.2, -0.15) is 5.10 Å². The Balaban J connectivity index is 1.61. The molecule has 2 aromatic heterocycles. The summed E-state index contributed by atoms with van der Waals surface area (Å²) in [6, 6.07) is 15.9. The third-order valence-corrected chi connectivity index (χ3v) is 8.05. The number of carbonyl (C=O) groups excluding carboxylic acids is 2. The predicted molar refractivity (Wildman–Crippen MR) is 167 cm³/mol. The van der Waals surface area contributed by atoms with Crippen LogP contribution >= 0.6 is 11.6 Å². The maximum atomic E-state index is 13.4. The van der Waals surface area contributed by atoms with Crippen molar-refractivity contribution in [1.82, 2.24) is 19.7 Å². The SMILES string of the molecule is COC(=O)c1c(CNC(C)=O)c2c(-c3c(CO)nn(C)c3C)c(Cl)ccc2n1CCCOc1cc(C)cc2ccccc12. The van der Waals surface area contributed by atoms with Crippen LogP contribution in [-0.4, -0.2) is 45.0 Å². The molecule has 2 N–H and O–H groups in total. The second-order valence-corrected chi connectivity index (χ2v) is 11.0. The number of esters is 1. The fourth-order valence-electron chi connectivity index (χ4n) is 5.75. The number of methoxy groups -OCH3 is 1. The molecule has 10 heteroatoms. The van der Waals surface area contributed by atoms with Crippen LogP contribution in [0.4, 0.5) is 0 Å². The summed E-state index contributed by atoms with van der Waals surface area (Å²) in [5.74, 6) is 0.0346. The molecule has 0 unspecified atom stereocenters. The first kappa shape index (κ1) is 30.1. The fraction of sp³-hybridized carbons (Fsp3) is 0.303. The van der Waals surface area contributed by atoms with Crippen molar-refractivity contribution >= 4 is 45.2 Å². The van der Waals surface area contributed by atoms with E-state index in [1.165, 1.54) is 14.0 Å². The quantitative estimate of drug-likeness (QED) is 0.153. The molecule has 1 amide bonds. The van der Waals surface area contributed by atoms with Gasteiger partial charge in [0.25, 0.3) is 0 Å².